The molecule has 2 saturated carbocycles. The summed E-state index contributed by atoms with van der Waals surface area (Å²) in [6, 6.07) is 3.93. The number of hydrogen-bond acceptors (Lipinski definition) is 2. The van der Waals surface area contributed by atoms with E-state index in [4.69, 9.17) is 4.74 Å². The Morgan fingerprint density at radius 2 is 1.65 bits per heavy atom. The van der Waals surface area contributed by atoms with Crippen LogP contribution in [0, 0.1) is 5.41 Å². The molecule has 1 atom stereocenters. The van der Waals surface area contributed by atoms with Crippen LogP contribution >= 0.6 is 47.8 Å². The van der Waals surface area contributed by atoms with Crippen molar-refractivity contribution in [1.82, 2.24) is 0 Å². The lowest BCUT2D eigenvalue weighted by molar-refractivity contribution is -0.156. The quantitative estimate of drug-likeness (QED) is 0.563. The van der Waals surface area contributed by atoms with Gasteiger partial charge in [0.25, 0.3) is 0 Å². The largest absolute Gasteiger partial charge is 0.487 e. The summed E-state index contributed by atoms with van der Waals surface area (Å²) in [5.41, 5.74) is -0.204. The first-order valence-electron chi connectivity index (χ1n) is 6.87. The molecule has 0 radical (unpaired) electrons. The van der Waals surface area contributed by atoms with Gasteiger partial charge in [-0.25, -0.2) is 0 Å². The van der Waals surface area contributed by atoms with Crippen molar-refractivity contribution in [3.8, 4) is 5.75 Å². The zero-order chi connectivity index (χ0) is 14.3. The van der Waals surface area contributed by atoms with Gasteiger partial charge in [-0.3, -0.25) is 4.79 Å². The molecule has 0 heterocycles. The first-order chi connectivity index (χ1) is 9.53. The highest BCUT2D eigenvalue weighted by Gasteiger charge is 2.56. The summed E-state index contributed by atoms with van der Waals surface area (Å²) in [6.45, 7) is 0. The fourth-order valence-corrected chi connectivity index (χ4v) is 5.78. The number of ketones is 1. The van der Waals surface area contributed by atoms with E-state index in [0.717, 1.165) is 44.9 Å². The first kappa shape index (κ1) is 15.0. The number of Topliss-reactive ketones (excluding diaryl/α,β-unsaturated/α-hetero) is 1. The van der Waals surface area contributed by atoms with Crippen LogP contribution in [0.5, 0.6) is 5.75 Å². The smallest absolute Gasteiger partial charge is 0.148 e. The highest BCUT2D eigenvalue weighted by Crippen LogP contribution is 2.51. The minimum atomic E-state index is -0.204. The predicted molar refractivity (Wildman–Crippen MR) is 89.1 cm³/mol. The fourth-order valence-electron chi connectivity index (χ4n) is 3.34. The van der Waals surface area contributed by atoms with E-state index in [9.17, 15) is 4.79 Å². The molecule has 0 saturated heterocycles. The van der Waals surface area contributed by atoms with E-state index in [1.807, 2.05) is 12.1 Å². The number of hydrogen-bond donors (Lipinski definition) is 0. The van der Waals surface area contributed by atoms with Gasteiger partial charge in [0.15, 0.2) is 0 Å². The maximum absolute atomic E-state index is 12.1. The monoisotopic (exact) mass is 464 g/mol. The van der Waals surface area contributed by atoms with Crippen molar-refractivity contribution in [3.05, 3.63) is 25.6 Å². The Morgan fingerprint density at radius 3 is 2.20 bits per heavy atom. The van der Waals surface area contributed by atoms with Gasteiger partial charge in [-0.2, -0.15) is 0 Å². The minimum absolute atomic E-state index is 0.0316. The zero-order valence-corrected chi connectivity index (χ0v) is 15.7. The van der Waals surface area contributed by atoms with E-state index in [1.165, 1.54) is 6.42 Å². The SMILES string of the molecule is O=C1CC(Oc2c(Br)cc(Br)cc2Br)C12CCCCC2. The van der Waals surface area contributed by atoms with Gasteiger partial charge in [-0.05, 0) is 56.8 Å². The number of rotatable bonds is 2. The van der Waals surface area contributed by atoms with E-state index in [1.54, 1.807) is 0 Å². The van der Waals surface area contributed by atoms with Crippen LogP contribution in [0.4, 0.5) is 0 Å². The van der Waals surface area contributed by atoms with Crippen molar-refractivity contribution in [2.45, 2.75) is 44.6 Å². The highest BCUT2D eigenvalue weighted by atomic mass is 79.9. The second kappa shape index (κ2) is 5.73. The van der Waals surface area contributed by atoms with Crippen LogP contribution in [-0.2, 0) is 4.79 Å². The molecule has 2 aliphatic carbocycles. The standard InChI is InChI=1S/C15H15Br3O2/c16-9-6-10(17)14(11(18)7-9)20-13-8-12(19)15(13)4-2-1-3-5-15/h6-7,13H,1-5,8H2. The van der Waals surface area contributed by atoms with E-state index >= 15 is 0 Å². The van der Waals surface area contributed by atoms with Gasteiger partial charge in [0.2, 0.25) is 0 Å². The maximum Gasteiger partial charge on any atom is 0.148 e. The molecule has 0 amide bonds. The molecular weight excluding hydrogens is 452 g/mol. The van der Waals surface area contributed by atoms with Crippen LogP contribution in [0.15, 0.2) is 25.6 Å². The average Bonchev–Trinajstić information content (AvgIpc) is 2.42. The third kappa shape index (κ3) is 2.50. The van der Waals surface area contributed by atoms with Crippen LogP contribution in [0.3, 0.4) is 0 Å². The van der Waals surface area contributed by atoms with Gasteiger partial charge >= 0.3 is 0 Å². The number of benzene rings is 1. The van der Waals surface area contributed by atoms with Crippen LogP contribution in [0.2, 0.25) is 0 Å². The average molecular weight is 467 g/mol. The topological polar surface area (TPSA) is 26.3 Å². The van der Waals surface area contributed by atoms with Crippen molar-refractivity contribution in [2.24, 2.45) is 5.41 Å². The molecule has 108 valence electrons. The summed E-state index contributed by atoms with van der Waals surface area (Å²) in [5.74, 6) is 1.20. The second-order valence-corrected chi connectivity index (χ2v) is 8.27. The normalized spacial score (nSPS) is 24.6. The molecule has 1 spiro atoms. The van der Waals surface area contributed by atoms with Crippen LogP contribution in [0.1, 0.15) is 38.5 Å². The fraction of sp³-hybridized carbons (Fsp3) is 0.533. The van der Waals surface area contributed by atoms with Gasteiger partial charge in [0.05, 0.1) is 14.4 Å². The number of carbonyl (C=O) groups is 1. The number of halogens is 3. The second-order valence-electron chi connectivity index (χ2n) is 5.65. The third-order valence-corrected chi connectivity index (χ3v) is 6.15. The Morgan fingerprint density at radius 1 is 1.05 bits per heavy atom. The van der Waals surface area contributed by atoms with Gasteiger partial charge in [0.1, 0.15) is 17.6 Å². The van der Waals surface area contributed by atoms with E-state index in [-0.39, 0.29) is 11.5 Å². The van der Waals surface area contributed by atoms with E-state index in [2.05, 4.69) is 47.8 Å². The molecule has 20 heavy (non-hydrogen) atoms. The molecule has 1 aromatic rings. The molecule has 0 aromatic heterocycles. The van der Waals surface area contributed by atoms with Crippen molar-refractivity contribution >= 4 is 53.6 Å². The van der Waals surface area contributed by atoms with Crippen molar-refractivity contribution in [2.75, 3.05) is 0 Å². The number of carbonyl (C=O) groups excluding carboxylic acids is 1. The summed E-state index contributed by atoms with van der Waals surface area (Å²) >= 11 is 10.5. The molecule has 5 heteroatoms. The maximum atomic E-state index is 12.1. The van der Waals surface area contributed by atoms with E-state index in [0.29, 0.717) is 12.2 Å². The lowest BCUT2D eigenvalue weighted by Crippen LogP contribution is -2.57. The Bertz CT molecular complexity index is 527. The lowest BCUT2D eigenvalue weighted by atomic mass is 9.57. The molecule has 3 rings (SSSR count). The lowest BCUT2D eigenvalue weighted by Gasteiger charge is -2.49. The number of ether oxygens (including phenoxy) is 1. The Balaban J connectivity index is 1.83. The van der Waals surface area contributed by atoms with Crippen molar-refractivity contribution in [3.63, 3.8) is 0 Å². The Labute approximate surface area is 144 Å². The Kier molecular flexibility index (Phi) is 4.31. The summed E-state index contributed by atoms with van der Waals surface area (Å²) in [4.78, 5) is 12.1. The summed E-state index contributed by atoms with van der Waals surface area (Å²) in [5, 5.41) is 0. The van der Waals surface area contributed by atoms with Crippen LogP contribution < -0.4 is 4.74 Å². The minimum Gasteiger partial charge on any atom is -0.487 e. The van der Waals surface area contributed by atoms with Gasteiger partial charge < -0.3 is 4.74 Å². The van der Waals surface area contributed by atoms with Gasteiger partial charge in [-0.15, -0.1) is 0 Å². The molecule has 0 N–H and O–H groups in total. The molecule has 1 aromatic carbocycles. The van der Waals surface area contributed by atoms with E-state index < -0.39 is 0 Å². The predicted octanol–water partition coefficient (Wildman–Crippen LogP) is 5.64. The first-order valence-corrected chi connectivity index (χ1v) is 9.25. The van der Waals surface area contributed by atoms with Gasteiger partial charge in [0, 0.05) is 10.9 Å². The van der Waals surface area contributed by atoms with Crippen molar-refractivity contribution < 1.29 is 9.53 Å². The highest BCUT2D eigenvalue weighted by molar-refractivity contribution is 9.11. The molecular formula is C15H15Br3O2. The summed E-state index contributed by atoms with van der Waals surface area (Å²) < 4.78 is 8.99. The van der Waals surface area contributed by atoms with Crippen LogP contribution in [-0.4, -0.2) is 11.9 Å². The summed E-state index contributed by atoms with van der Waals surface area (Å²) in [6.07, 6.45) is 6.10. The van der Waals surface area contributed by atoms with Crippen molar-refractivity contribution in [1.29, 1.82) is 0 Å². The third-order valence-electron chi connectivity index (χ3n) is 4.51. The molecule has 2 nitrogen and oxygen atoms in total. The van der Waals surface area contributed by atoms with Crippen LogP contribution in [0.25, 0.3) is 0 Å². The zero-order valence-electron chi connectivity index (χ0n) is 10.9. The summed E-state index contributed by atoms with van der Waals surface area (Å²) in [7, 11) is 0. The molecule has 1 unspecified atom stereocenters. The molecule has 0 bridgehead atoms. The molecule has 2 fully saturated rings. The molecule has 0 aliphatic heterocycles. The van der Waals surface area contributed by atoms with Gasteiger partial charge in [-0.1, -0.05) is 35.2 Å². The Hall–Kier alpha value is 0.130. The molecule has 2 aliphatic rings.